The van der Waals surface area contributed by atoms with Gasteiger partial charge in [0, 0.05) is 22.7 Å². The maximum absolute atomic E-state index is 6.15. The van der Waals surface area contributed by atoms with E-state index in [1.54, 1.807) is 36.4 Å². The standard InChI is InChI=1S/C16H15Cl4NO2/c1-2-22-16(21-14-7-10(17)3-5-12(14)19)9-23-15-8-11(18)4-6-13(15)20/h3-8,16,21H,2,9H2,1H3. The molecule has 3 nitrogen and oxygen atoms in total. The van der Waals surface area contributed by atoms with E-state index in [4.69, 9.17) is 55.9 Å². The third-order valence-electron chi connectivity index (χ3n) is 2.90. The summed E-state index contributed by atoms with van der Waals surface area (Å²) in [5.74, 6) is 0.489. The molecule has 1 unspecified atom stereocenters. The molecule has 23 heavy (non-hydrogen) atoms. The van der Waals surface area contributed by atoms with Crippen LogP contribution in [0.15, 0.2) is 36.4 Å². The molecule has 0 saturated heterocycles. The molecule has 1 atom stereocenters. The normalized spacial score (nSPS) is 12.0. The van der Waals surface area contributed by atoms with Gasteiger partial charge >= 0.3 is 0 Å². The number of hydrogen-bond acceptors (Lipinski definition) is 3. The maximum Gasteiger partial charge on any atom is 0.162 e. The third kappa shape index (κ3) is 5.63. The van der Waals surface area contributed by atoms with E-state index in [1.807, 2.05) is 6.92 Å². The van der Waals surface area contributed by atoms with Crippen LogP contribution in [0.1, 0.15) is 6.92 Å². The monoisotopic (exact) mass is 393 g/mol. The first kappa shape index (κ1) is 18.5. The maximum atomic E-state index is 6.15. The zero-order valence-corrected chi connectivity index (χ0v) is 15.3. The fraction of sp³-hybridized carbons (Fsp3) is 0.250. The number of rotatable bonds is 7. The van der Waals surface area contributed by atoms with E-state index in [0.29, 0.717) is 38.1 Å². The lowest BCUT2D eigenvalue weighted by atomic mass is 10.3. The molecule has 0 aliphatic rings. The summed E-state index contributed by atoms with van der Waals surface area (Å²) in [6.07, 6.45) is -0.425. The lowest BCUT2D eigenvalue weighted by Gasteiger charge is -2.21. The van der Waals surface area contributed by atoms with Crippen LogP contribution in [0.2, 0.25) is 20.1 Å². The van der Waals surface area contributed by atoms with Crippen molar-refractivity contribution in [3.63, 3.8) is 0 Å². The minimum atomic E-state index is -0.425. The van der Waals surface area contributed by atoms with Gasteiger partial charge in [0.25, 0.3) is 0 Å². The molecule has 2 aromatic rings. The lowest BCUT2D eigenvalue weighted by molar-refractivity contribution is 0.0462. The van der Waals surface area contributed by atoms with Crippen molar-refractivity contribution in [3.8, 4) is 5.75 Å². The van der Waals surface area contributed by atoms with E-state index in [1.165, 1.54) is 0 Å². The fourth-order valence-electron chi connectivity index (χ4n) is 1.87. The fourth-order valence-corrected chi connectivity index (χ4v) is 2.55. The van der Waals surface area contributed by atoms with E-state index in [2.05, 4.69) is 5.32 Å². The van der Waals surface area contributed by atoms with Crippen LogP contribution < -0.4 is 10.1 Å². The van der Waals surface area contributed by atoms with E-state index < -0.39 is 6.23 Å². The molecule has 124 valence electrons. The van der Waals surface area contributed by atoms with Gasteiger partial charge in [-0.1, -0.05) is 46.4 Å². The largest absolute Gasteiger partial charge is 0.487 e. The summed E-state index contributed by atoms with van der Waals surface area (Å²) < 4.78 is 11.3. The van der Waals surface area contributed by atoms with Crippen LogP contribution in [0.5, 0.6) is 5.75 Å². The molecule has 1 N–H and O–H groups in total. The molecule has 0 amide bonds. The number of halogens is 4. The van der Waals surface area contributed by atoms with E-state index >= 15 is 0 Å². The van der Waals surface area contributed by atoms with Crippen molar-refractivity contribution in [2.45, 2.75) is 13.2 Å². The molecule has 0 aliphatic carbocycles. The Bertz CT molecular complexity index is 667. The minimum absolute atomic E-state index is 0.219. The highest BCUT2D eigenvalue weighted by Gasteiger charge is 2.13. The van der Waals surface area contributed by atoms with Gasteiger partial charge < -0.3 is 14.8 Å². The molecule has 0 radical (unpaired) electrons. The van der Waals surface area contributed by atoms with Gasteiger partial charge in [0.2, 0.25) is 0 Å². The summed E-state index contributed by atoms with van der Waals surface area (Å²) in [7, 11) is 0. The van der Waals surface area contributed by atoms with Gasteiger partial charge in [0.15, 0.2) is 6.23 Å². The molecular weight excluding hydrogens is 380 g/mol. The second kappa shape index (κ2) is 8.86. The van der Waals surface area contributed by atoms with Crippen LogP contribution in [0, 0.1) is 0 Å². The zero-order chi connectivity index (χ0) is 16.8. The van der Waals surface area contributed by atoms with Crippen LogP contribution >= 0.6 is 46.4 Å². The van der Waals surface area contributed by atoms with Gasteiger partial charge in [-0.25, -0.2) is 0 Å². The Kier molecular flexibility index (Phi) is 7.12. The highest BCUT2D eigenvalue weighted by molar-refractivity contribution is 6.35. The number of nitrogens with one attached hydrogen (secondary N) is 1. The van der Waals surface area contributed by atoms with Gasteiger partial charge in [-0.2, -0.15) is 0 Å². The molecule has 0 aromatic heterocycles. The summed E-state index contributed by atoms with van der Waals surface area (Å²) >= 11 is 24.2. The van der Waals surface area contributed by atoms with Crippen LogP contribution in [0.3, 0.4) is 0 Å². The van der Waals surface area contributed by atoms with Crippen LogP contribution in [0.4, 0.5) is 5.69 Å². The Hall–Kier alpha value is -0.840. The van der Waals surface area contributed by atoms with Gasteiger partial charge in [-0.3, -0.25) is 0 Å². The third-order valence-corrected chi connectivity index (χ3v) is 4.01. The Morgan fingerprint density at radius 1 is 0.957 bits per heavy atom. The van der Waals surface area contributed by atoms with Gasteiger partial charge in [0.1, 0.15) is 12.4 Å². The first-order valence-corrected chi connectivity index (χ1v) is 8.42. The van der Waals surface area contributed by atoms with Crippen molar-refractivity contribution in [2.75, 3.05) is 18.5 Å². The van der Waals surface area contributed by atoms with Crippen LogP contribution in [-0.4, -0.2) is 19.4 Å². The number of benzene rings is 2. The average Bonchev–Trinajstić information content (AvgIpc) is 2.51. The zero-order valence-electron chi connectivity index (χ0n) is 12.3. The Morgan fingerprint density at radius 2 is 1.61 bits per heavy atom. The Morgan fingerprint density at radius 3 is 2.30 bits per heavy atom. The second-order valence-electron chi connectivity index (χ2n) is 4.60. The first-order chi connectivity index (χ1) is 11.0. The number of anilines is 1. The predicted molar refractivity (Wildman–Crippen MR) is 97.5 cm³/mol. The van der Waals surface area contributed by atoms with Gasteiger partial charge in [0.05, 0.1) is 15.7 Å². The minimum Gasteiger partial charge on any atom is -0.487 e. The van der Waals surface area contributed by atoms with Gasteiger partial charge in [-0.15, -0.1) is 0 Å². The summed E-state index contributed by atoms with van der Waals surface area (Å²) in [6.45, 7) is 2.61. The van der Waals surface area contributed by atoms with Crippen molar-refractivity contribution >= 4 is 52.1 Å². The van der Waals surface area contributed by atoms with Crippen molar-refractivity contribution in [1.82, 2.24) is 0 Å². The molecule has 0 aliphatic heterocycles. The topological polar surface area (TPSA) is 30.5 Å². The van der Waals surface area contributed by atoms with Crippen molar-refractivity contribution < 1.29 is 9.47 Å². The highest BCUT2D eigenvalue weighted by Crippen LogP contribution is 2.29. The summed E-state index contributed by atoms with van der Waals surface area (Å²) in [6, 6.07) is 10.2. The highest BCUT2D eigenvalue weighted by atomic mass is 35.5. The molecule has 0 heterocycles. The van der Waals surface area contributed by atoms with E-state index in [9.17, 15) is 0 Å². The molecule has 2 rings (SSSR count). The molecule has 2 aromatic carbocycles. The molecule has 7 heteroatoms. The molecule has 0 spiro atoms. The van der Waals surface area contributed by atoms with Crippen molar-refractivity contribution in [1.29, 1.82) is 0 Å². The summed E-state index contributed by atoms with van der Waals surface area (Å²) in [4.78, 5) is 0. The van der Waals surface area contributed by atoms with Crippen LogP contribution in [-0.2, 0) is 4.74 Å². The lowest BCUT2D eigenvalue weighted by Crippen LogP contribution is -2.30. The molecule has 0 saturated carbocycles. The number of ether oxygens (including phenoxy) is 2. The number of hydrogen-bond donors (Lipinski definition) is 1. The quantitative estimate of drug-likeness (QED) is 0.571. The molecular formula is C16H15Cl4NO2. The van der Waals surface area contributed by atoms with Crippen LogP contribution in [0.25, 0.3) is 0 Å². The summed E-state index contributed by atoms with van der Waals surface area (Å²) in [5, 5.41) is 5.29. The smallest absolute Gasteiger partial charge is 0.162 e. The predicted octanol–water partition coefficient (Wildman–Crippen LogP) is 6.15. The summed E-state index contributed by atoms with van der Waals surface area (Å²) in [5.41, 5.74) is 0.665. The van der Waals surface area contributed by atoms with Crippen molar-refractivity contribution in [3.05, 3.63) is 56.5 Å². The van der Waals surface area contributed by atoms with Crippen molar-refractivity contribution in [2.24, 2.45) is 0 Å². The SMILES string of the molecule is CCOC(COc1cc(Cl)ccc1Cl)Nc1cc(Cl)ccc1Cl. The molecule has 0 bridgehead atoms. The first-order valence-electron chi connectivity index (χ1n) is 6.90. The molecule has 0 fully saturated rings. The average molecular weight is 395 g/mol. The second-order valence-corrected chi connectivity index (χ2v) is 6.29. The Balaban J connectivity index is 2.06. The van der Waals surface area contributed by atoms with E-state index in [0.717, 1.165) is 0 Å². The van der Waals surface area contributed by atoms with E-state index in [-0.39, 0.29) is 6.61 Å². The van der Waals surface area contributed by atoms with Gasteiger partial charge in [-0.05, 0) is 37.3 Å². The Labute approximate surface area is 155 Å².